The topological polar surface area (TPSA) is 12.0 Å². The molecule has 0 amide bonds. The van der Waals surface area contributed by atoms with Gasteiger partial charge in [0.05, 0.1) is 0 Å². The van der Waals surface area contributed by atoms with E-state index in [9.17, 15) is 0 Å². The Balaban J connectivity index is 1.75. The highest BCUT2D eigenvalue weighted by atomic mass is 15.0. The van der Waals surface area contributed by atoms with Crippen molar-refractivity contribution in [2.45, 2.75) is 59.4 Å². The van der Waals surface area contributed by atoms with E-state index in [1.54, 1.807) is 0 Å². The van der Waals surface area contributed by atoms with Gasteiger partial charge in [-0.25, -0.2) is 0 Å². The molecule has 2 saturated carbocycles. The van der Waals surface area contributed by atoms with Crippen LogP contribution in [0.5, 0.6) is 0 Å². The fraction of sp³-hybridized carbons (Fsp3) is 1.00. The molecule has 0 spiro atoms. The molecular formula is C14H27N. The molecule has 0 saturated heterocycles. The largest absolute Gasteiger partial charge is 0.313 e. The first-order chi connectivity index (χ1) is 6.98. The molecule has 2 aliphatic carbocycles. The van der Waals surface area contributed by atoms with Crippen LogP contribution in [-0.2, 0) is 0 Å². The van der Waals surface area contributed by atoms with E-state index in [0.29, 0.717) is 5.41 Å². The predicted octanol–water partition coefficient (Wildman–Crippen LogP) is 3.45. The van der Waals surface area contributed by atoms with Crippen molar-refractivity contribution in [3.05, 3.63) is 0 Å². The van der Waals surface area contributed by atoms with Gasteiger partial charge in [0.25, 0.3) is 0 Å². The smallest absolute Gasteiger partial charge is 0.0124 e. The lowest BCUT2D eigenvalue weighted by Gasteiger charge is -2.29. The Hall–Kier alpha value is -0.0400. The van der Waals surface area contributed by atoms with Crippen LogP contribution in [0.3, 0.4) is 0 Å². The lowest BCUT2D eigenvalue weighted by atomic mass is 9.82. The standard InChI is InChI=1S/C14H27N/c1-10(14(2,3)4)9-15-13(11-5-6-11)12-7-8-12/h10-13,15H,5-9H2,1-4H3. The molecule has 0 aromatic rings. The normalized spacial score (nSPS) is 24.6. The third-order valence-electron chi connectivity index (χ3n) is 4.40. The van der Waals surface area contributed by atoms with E-state index in [4.69, 9.17) is 0 Å². The summed E-state index contributed by atoms with van der Waals surface area (Å²) >= 11 is 0. The molecular weight excluding hydrogens is 182 g/mol. The van der Waals surface area contributed by atoms with Crippen molar-refractivity contribution in [2.24, 2.45) is 23.2 Å². The van der Waals surface area contributed by atoms with Crippen LogP contribution in [-0.4, -0.2) is 12.6 Å². The highest BCUT2D eigenvalue weighted by Crippen LogP contribution is 2.44. The number of hydrogen-bond acceptors (Lipinski definition) is 1. The van der Waals surface area contributed by atoms with Gasteiger partial charge in [-0.3, -0.25) is 0 Å². The summed E-state index contributed by atoms with van der Waals surface area (Å²) in [7, 11) is 0. The van der Waals surface area contributed by atoms with Gasteiger partial charge >= 0.3 is 0 Å². The zero-order valence-electron chi connectivity index (χ0n) is 10.8. The Bertz CT molecular complexity index is 196. The molecule has 1 heteroatoms. The van der Waals surface area contributed by atoms with Crippen molar-refractivity contribution in [3.63, 3.8) is 0 Å². The molecule has 1 atom stereocenters. The summed E-state index contributed by atoms with van der Waals surface area (Å²) in [6.07, 6.45) is 5.94. The second-order valence-corrected chi connectivity index (χ2v) is 6.88. The molecule has 0 aromatic heterocycles. The van der Waals surface area contributed by atoms with Gasteiger partial charge in [-0.1, -0.05) is 27.7 Å². The molecule has 1 unspecified atom stereocenters. The van der Waals surface area contributed by atoms with E-state index in [1.807, 2.05) is 0 Å². The summed E-state index contributed by atoms with van der Waals surface area (Å²) in [6.45, 7) is 10.6. The van der Waals surface area contributed by atoms with Crippen molar-refractivity contribution < 1.29 is 0 Å². The second kappa shape index (κ2) is 4.08. The van der Waals surface area contributed by atoms with E-state index in [-0.39, 0.29) is 0 Å². The molecule has 2 fully saturated rings. The molecule has 2 rings (SSSR count). The summed E-state index contributed by atoms with van der Waals surface area (Å²) in [5, 5.41) is 3.85. The third kappa shape index (κ3) is 3.21. The average Bonchev–Trinajstić information content (AvgIpc) is 2.98. The van der Waals surface area contributed by atoms with Gasteiger partial charge < -0.3 is 5.32 Å². The van der Waals surface area contributed by atoms with Crippen molar-refractivity contribution in [3.8, 4) is 0 Å². The zero-order chi connectivity index (χ0) is 11.1. The third-order valence-corrected chi connectivity index (χ3v) is 4.40. The fourth-order valence-corrected chi connectivity index (χ4v) is 2.25. The van der Waals surface area contributed by atoms with E-state index in [1.165, 1.54) is 32.2 Å². The Morgan fingerprint density at radius 1 is 1.07 bits per heavy atom. The first-order valence-corrected chi connectivity index (χ1v) is 6.72. The zero-order valence-corrected chi connectivity index (χ0v) is 10.8. The molecule has 88 valence electrons. The maximum Gasteiger partial charge on any atom is 0.0124 e. The number of nitrogens with one attached hydrogen (secondary N) is 1. The first-order valence-electron chi connectivity index (χ1n) is 6.72. The van der Waals surface area contributed by atoms with Gasteiger partial charge in [0.15, 0.2) is 0 Å². The van der Waals surface area contributed by atoms with Crippen LogP contribution in [0.4, 0.5) is 0 Å². The van der Waals surface area contributed by atoms with Crippen LogP contribution < -0.4 is 5.32 Å². The molecule has 0 radical (unpaired) electrons. The minimum Gasteiger partial charge on any atom is -0.313 e. The van der Waals surface area contributed by atoms with Gasteiger partial charge in [0.2, 0.25) is 0 Å². The molecule has 0 aromatic carbocycles. The molecule has 1 N–H and O–H groups in total. The summed E-state index contributed by atoms with van der Waals surface area (Å²) in [5.74, 6) is 2.84. The van der Waals surface area contributed by atoms with Crippen LogP contribution in [0.15, 0.2) is 0 Å². The Morgan fingerprint density at radius 2 is 1.53 bits per heavy atom. The minimum absolute atomic E-state index is 0.449. The molecule has 0 aliphatic heterocycles. The maximum absolute atomic E-state index is 3.85. The summed E-state index contributed by atoms with van der Waals surface area (Å²) in [4.78, 5) is 0. The molecule has 0 heterocycles. The van der Waals surface area contributed by atoms with Gasteiger partial charge in [-0.15, -0.1) is 0 Å². The SMILES string of the molecule is CC(CNC(C1CC1)C1CC1)C(C)(C)C. The van der Waals surface area contributed by atoms with E-state index >= 15 is 0 Å². The lowest BCUT2D eigenvalue weighted by Crippen LogP contribution is -2.39. The van der Waals surface area contributed by atoms with Crippen molar-refractivity contribution in [1.82, 2.24) is 5.32 Å². The predicted molar refractivity (Wildman–Crippen MR) is 65.9 cm³/mol. The summed E-state index contributed by atoms with van der Waals surface area (Å²) in [5.41, 5.74) is 0.449. The van der Waals surface area contributed by atoms with Crippen molar-refractivity contribution in [1.29, 1.82) is 0 Å². The van der Waals surface area contributed by atoms with Crippen LogP contribution in [0.1, 0.15) is 53.4 Å². The Kier molecular flexibility index (Phi) is 3.12. The van der Waals surface area contributed by atoms with E-state index < -0.39 is 0 Å². The van der Waals surface area contributed by atoms with E-state index in [2.05, 4.69) is 33.0 Å². The lowest BCUT2D eigenvalue weighted by molar-refractivity contribution is 0.237. The quantitative estimate of drug-likeness (QED) is 0.731. The molecule has 1 nitrogen and oxygen atoms in total. The average molecular weight is 209 g/mol. The Morgan fingerprint density at radius 3 is 1.87 bits per heavy atom. The monoisotopic (exact) mass is 209 g/mol. The minimum atomic E-state index is 0.449. The van der Waals surface area contributed by atoms with Crippen molar-refractivity contribution >= 4 is 0 Å². The van der Waals surface area contributed by atoms with Crippen LogP contribution in [0.25, 0.3) is 0 Å². The van der Waals surface area contributed by atoms with Gasteiger partial charge in [0.1, 0.15) is 0 Å². The highest BCUT2D eigenvalue weighted by molar-refractivity contribution is 4.96. The Labute approximate surface area is 95.0 Å². The molecule has 0 bridgehead atoms. The van der Waals surface area contributed by atoms with Gasteiger partial charge in [0, 0.05) is 6.04 Å². The van der Waals surface area contributed by atoms with Crippen LogP contribution in [0, 0.1) is 23.2 Å². The maximum atomic E-state index is 3.85. The van der Waals surface area contributed by atoms with Crippen molar-refractivity contribution in [2.75, 3.05) is 6.54 Å². The molecule has 15 heavy (non-hydrogen) atoms. The van der Waals surface area contributed by atoms with E-state index in [0.717, 1.165) is 23.8 Å². The highest BCUT2D eigenvalue weighted by Gasteiger charge is 2.41. The van der Waals surface area contributed by atoms with Crippen LogP contribution in [0.2, 0.25) is 0 Å². The summed E-state index contributed by atoms with van der Waals surface area (Å²) < 4.78 is 0. The van der Waals surface area contributed by atoms with Gasteiger partial charge in [-0.2, -0.15) is 0 Å². The fourth-order valence-electron chi connectivity index (χ4n) is 2.25. The number of hydrogen-bond donors (Lipinski definition) is 1. The summed E-state index contributed by atoms with van der Waals surface area (Å²) in [6, 6.07) is 0.870. The second-order valence-electron chi connectivity index (χ2n) is 6.88. The number of rotatable bonds is 5. The van der Waals surface area contributed by atoms with Gasteiger partial charge in [-0.05, 0) is 55.4 Å². The first kappa shape index (κ1) is 11.4. The molecule has 2 aliphatic rings. The van der Waals surface area contributed by atoms with Crippen LogP contribution >= 0.6 is 0 Å².